The maximum Gasteiger partial charge on any atom is 0.417 e. The fourth-order valence-corrected chi connectivity index (χ4v) is 6.01. The third-order valence-corrected chi connectivity index (χ3v) is 8.89. The lowest BCUT2D eigenvalue weighted by atomic mass is 10.1. The Labute approximate surface area is 259 Å². The van der Waals surface area contributed by atoms with Crippen molar-refractivity contribution in [2.24, 2.45) is 5.92 Å². The van der Waals surface area contributed by atoms with Crippen molar-refractivity contribution in [2.45, 2.75) is 57.8 Å². The minimum Gasteiger partial charge on any atom is -0.354 e. The molecule has 1 unspecified atom stereocenters. The molecule has 3 aromatic carbocycles. The first-order chi connectivity index (χ1) is 20.5. The van der Waals surface area contributed by atoms with Gasteiger partial charge < -0.3 is 10.2 Å². The van der Waals surface area contributed by atoms with Crippen molar-refractivity contribution in [2.75, 3.05) is 17.4 Å². The van der Waals surface area contributed by atoms with Gasteiger partial charge in [0.25, 0.3) is 10.0 Å². The molecule has 1 atom stereocenters. The number of nitrogens with zero attached hydrogens (tertiary/aromatic N) is 2. The quantitative estimate of drug-likeness (QED) is 0.223. The van der Waals surface area contributed by atoms with Gasteiger partial charge >= 0.3 is 6.18 Å². The highest BCUT2D eigenvalue weighted by Crippen LogP contribution is 2.38. The number of anilines is 1. The van der Waals surface area contributed by atoms with Gasteiger partial charge in [-0.3, -0.25) is 13.9 Å². The second kappa shape index (κ2) is 14.4. The maximum atomic E-state index is 14.0. The minimum atomic E-state index is -4.91. The van der Waals surface area contributed by atoms with Gasteiger partial charge in [-0.1, -0.05) is 62.2 Å². The largest absolute Gasteiger partial charge is 0.417 e. The van der Waals surface area contributed by atoms with Crippen LogP contribution < -0.4 is 9.62 Å². The molecule has 0 radical (unpaired) electrons. The molecule has 44 heavy (non-hydrogen) atoms. The molecule has 3 rings (SSSR count). The van der Waals surface area contributed by atoms with Crippen LogP contribution in [-0.2, 0) is 32.3 Å². The first-order valence-corrected chi connectivity index (χ1v) is 15.6. The number of benzene rings is 3. The second-order valence-electron chi connectivity index (χ2n) is 10.7. The number of aryl methyl sites for hydroxylation is 1. The lowest BCUT2D eigenvalue weighted by molar-refractivity contribution is -0.140. The predicted octanol–water partition coefficient (Wildman–Crippen LogP) is 6.58. The van der Waals surface area contributed by atoms with E-state index in [2.05, 4.69) is 5.32 Å². The highest BCUT2D eigenvalue weighted by Gasteiger charge is 2.37. The summed E-state index contributed by atoms with van der Waals surface area (Å²) in [6.07, 6.45) is -4.77. The first-order valence-electron chi connectivity index (χ1n) is 13.8. The summed E-state index contributed by atoms with van der Waals surface area (Å²) in [5.74, 6) is -1.77. The van der Waals surface area contributed by atoms with Gasteiger partial charge in [0.15, 0.2) is 0 Å². The number of hydrogen-bond acceptors (Lipinski definition) is 4. The summed E-state index contributed by atoms with van der Waals surface area (Å²) in [4.78, 5) is 28.2. The molecule has 0 heterocycles. The second-order valence-corrected chi connectivity index (χ2v) is 13.0. The zero-order valence-electron chi connectivity index (χ0n) is 24.7. The van der Waals surface area contributed by atoms with Gasteiger partial charge in [-0.15, -0.1) is 0 Å². The van der Waals surface area contributed by atoms with E-state index >= 15 is 0 Å². The molecule has 238 valence electrons. The van der Waals surface area contributed by atoms with Crippen molar-refractivity contribution < 1.29 is 35.6 Å². The Hall–Kier alpha value is -3.64. The smallest absolute Gasteiger partial charge is 0.354 e. The number of carbonyl (C=O) groups is 2. The summed E-state index contributed by atoms with van der Waals surface area (Å²) < 4.78 is 83.4. The van der Waals surface area contributed by atoms with Crippen molar-refractivity contribution in [1.29, 1.82) is 0 Å². The standard InChI is InChI=1S/C31H34ClF4N3O4S/c1-5-28(30(41)37-17-20(2)3)38(18-22-8-10-23(33)11-9-22)29(40)19-39(44(42,43)25-13-6-21(4)7-14-25)24-12-15-27(32)26(16-24)31(34,35)36/h6-16,20,28H,5,17-19H2,1-4H3,(H,37,41). The monoisotopic (exact) mass is 655 g/mol. The summed E-state index contributed by atoms with van der Waals surface area (Å²) in [5.41, 5.74) is -0.541. The molecule has 0 aliphatic rings. The lowest BCUT2D eigenvalue weighted by Crippen LogP contribution is -2.52. The number of amides is 2. The average Bonchev–Trinajstić information content (AvgIpc) is 2.95. The van der Waals surface area contributed by atoms with Gasteiger partial charge in [0.2, 0.25) is 11.8 Å². The van der Waals surface area contributed by atoms with E-state index in [0.29, 0.717) is 22.5 Å². The molecule has 0 saturated heterocycles. The normalized spacial score (nSPS) is 12.6. The van der Waals surface area contributed by atoms with Crippen molar-refractivity contribution >= 4 is 39.1 Å². The molecule has 0 bridgehead atoms. The summed E-state index contributed by atoms with van der Waals surface area (Å²) in [6.45, 7) is 6.35. The van der Waals surface area contributed by atoms with Crippen molar-refractivity contribution in [3.8, 4) is 0 Å². The SMILES string of the molecule is CCC(C(=O)NCC(C)C)N(Cc1ccc(F)cc1)C(=O)CN(c1ccc(Cl)c(C(F)(F)F)c1)S(=O)(=O)c1ccc(C)cc1. The Morgan fingerprint density at radius 3 is 2.14 bits per heavy atom. The fourth-order valence-electron chi connectivity index (χ4n) is 4.38. The molecule has 0 aliphatic carbocycles. The van der Waals surface area contributed by atoms with Gasteiger partial charge in [0, 0.05) is 13.1 Å². The minimum absolute atomic E-state index is 0.0978. The highest BCUT2D eigenvalue weighted by atomic mass is 35.5. The molecule has 3 aromatic rings. The van der Waals surface area contributed by atoms with Crippen molar-refractivity contribution in [1.82, 2.24) is 10.2 Å². The molecule has 7 nitrogen and oxygen atoms in total. The average molecular weight is 656 g/mol. The van der Waals surface area contributed by atoms with Crippen LogP contribution >= 0.6 is 11.6 Å². The van der Waals surface area contributed by atoms with Crippen LogP contribution in [0.1, 0.15) is 43.9 Å². The molecule has 0 fully saturated rings. The van der Waals surface area contributed by atoms with E-state index in [1.807, 2.05) is 13.8 Å². The predicted molar refractivity (Wildman–Crippen MR) is 161 cm³/mol. The Morgan fingerprint density at radius 1 is 0.977 bits per heavy atom. The van der Waals surface area contributed by atoms with Crippen LogP contribution in [0.25, 0.3) is 0 Å². The zero-order chi connectivity index (χ0) is 32.8. The molecule has 0 spiro atoms. The van der Waals surface area contributed by atoms with Crippen LogP contribution in [0.2, 0.25) is 5.02 Å². The van der Waals surface area contributed by atoms with Crippen LogP contribution in [0.4, 0.5) is 23.2 Å². The Balaban J connectivity index is 2.13. The van der Waals surface area contributed by atoms with E-state index in [0.717, 1.165) is 22.6 Å². The number of carbonyl (C=O) groups excluding carboxylic acids is 2. The molecule has 0 aromatic heterocycles. The number of alkyl halides is 3. The Morgan fingerprint density at radius 2 is 1.59 bits per heavy atom. The van der Waals surface area contributed by atoms with Crippen LogP contribution in [0.3, 0.4) is 0 Å². The van der Waals surface area contributed by atoms with E-state index in [-0.39, 0.29) is 23.8 Å². The molecule has 0 aliphatic heterocycles. The molecule has 1 N–H and O–H groups in total. The summed E-state index contributed by atoms with van der Waals surface area (Å²) in [7, 11) is -4.60. The van der Waals surface area contributed by atoms with Crippen LogP contribution in [0.5, 0.6) is 0 Å². The van der Waals surface area contributed by atoms with Crippen LogP contribution in [-0.4, -0.2) is 44.3 Å². The van der Waals surface area contributed by atoms with Crippen LogP contribution in [0, 0.1) is 18.7 Å². The number of hydrogen-bond donors (Lipinski definition) is 1. The van der Waals surface area contributed by atoms with Gasteiger partial charge in [-0.05, 0) is 67.3 Å². The summed E-state index contributed by atoms with van der Waals surface area (Å²) >= 11 is 5.80. The fraction of sp³-hybridized carbons (Fsp3) is 0.355. The van der Waals surface area contributed by atoms with E-state index in [9.17, 15) is 35.6 Å². The highest BCUT2D eigenvalue weighted by molar-refractivity contribution is 7.92. The topological polar surface area (TPSA) is 86.8 Å². The third-order valence-electron chi connectivity index (χ3n) is 6.77. The van der Waals surface area contributed by atoms with E-state index < -0.39 is 62.7 Å². The number of sulfonamides is 1. The van der Waals surface area contributed by atoms with Gasteiger partial charge in [-0.2, -0.15) is 13.2 Å². The van der Waals surface area contributed by atoms with E-state index in [1.54, 1.807) is 13.8 Å². The Bertz CT molecular complexity index is 1560. The van der Waals surface area contributed by atoms with E-state index in [1.165, 1.54) is 48.5 Å². The number of rotatable bonds is 12. The lowest BCUT2D eigenvalue weighted by Gasteiger charge is -2.33. The van der Waals surface area contributed by atoms with Gasteiger partial charge in [0.1, 0.15) is 18.4 Å². The van der Waals surface area contributed by atoms with Crippen molar-refractivity contribution in [3.63, 3.8) is 0 Å². The molecule has 2 amide bonds. The van der Waals surface area contributed by atoms with Crippen LogP contribution in [0.15, 0.2) is 71.6 Å². The third kappa shape index (κ3) is 8.72. The summed E-state index contributed by atoms with van der Waals surface area (Å²) in [5, 5.41) is 2.13. The Kier molecular flexibility index (Phi) is 11.4. The molecule has 13 heteroatoms. The summed E-state index contributed by atoms with van der Waals surface area (Å²) in [6, 6.07) is 12.3. The number of halogens is 5. The molecular weight excluding hydrogens is 622 g/mol. The zero-order valence-corrected chi connectivity index (χ0v) is 26.2. The molecular formula is C31H34ClF4N3O4S. The number of nitrogens with one attached hydrogen (secondary N) is 1. The first kappa shape index (κ1) is 34.8. The van der Waals surface area contributed by atoms with Crippen molar-refractivity contribution in [3.05, 3.63) is 94.3 Å². The van der Waals surface area contributed by atoms with Gasteiger partial charge in [0.05, 0.1) is 21.2 Å². The van der Waals surface area contributed by atoms with E-state index in [4.69, 9.17) is 11.6 Å². The maximum absolute atomic E-state index is 14.0. The molecule has 0 saturated carbocycles. The van der Waals surface area contributed by atoms with Gasteiger partial charge in [-0.25, -0.2) is 12.8 Å².